The third-order valence-corrected chi connectivity index (χ3v) is 5.56. The first-order valence-corrected chi connectivity index (χ1v) is 12.3. The van der Waals surface area contributed by atoms with Crippen molar-refractivity contribution in [3.05, 3.63) is 23.9 Å². The average molecular weight is 429 g/mol. The summed E-state index contributed by atoms with van der Waals surface area (Å²) in [6.45, 7) is 17.2. The van der Waals surface area contributed by atoms with Gasteiger partial charge in [-0.2, -0.15) is 15.2 Å². The van der Waals surface area contributed by atoms with Gasteiger partial charge in [-0.1, -0.05) is 60.0 Å². The lowest BCUT2D eigenvalue weighted by Gasteiger charge is -2.29. The van der Waals surface area contributed by atoms with Gasteiger partial charge in [-0.15, -0.1) is 6.58 Å². The molecule has 5 heteroatoms. The molecule has 1 aromatic heterocycles. The second-order valence-electron chi connectivity index (χ2n) is 8.62. The number of hydrogen-bond acceptors (Lipinski definition) is 5. The summed E-state index contributed by atoms with van der Waals surface area (Å²) in [4.78, 5) is 12.1. The van der Waals surface area contributed by atoms with E-state index in [0.717, 1.165) is 63.1 Å². The van der Waals surface area contributed by atoms with E-state index in [9.17, 15) is 0 Å². The largest absolute Gasteiger partial charge is 0.463 e. The van der Waals surface area contributed by atoms with Gasteiger partial charge in [0.05, 0.1) is 18.4 Å². The predicted molar refractivity (Wildman–Crippen MR) is 131 cm³/mol. The minimum atomic E-state index is 0.293. The predicted octanol–water partition coefficient (Wildman–Crippen LogP) is 6.52. The van der Waals surface area contributed by atoms with Crippen molar-refractivity contribution in [1.82, 2.24) is 9.97 Å². The number of anilines is 1. The molecule has 0 fully saturated rings. The monoisotopic (exact) mass is 428 g/mol. The summed E-state index contributed by atoms with van der Waals surface area (Å²) >= 11 is 0. The van der Waals surface area contributed by atoms with Crippen LogP contribution in [0.2, 0.25) is 0 Å². The minimum absolute atomic E-state index is 0.293. The first kappa shape index (κ1) is 26.9. The maximum Gasteiger partial charge on any atom is 0.318 e. The van der Waals surface area contributed by atoms with Gasteiger partial charge < -0.3 is 9.64 Å². The third kappa shape index (κ3) is 9.29. The number of aryl methyl sites for hydroxylation is 1. The zero-order valence-corrected chi connectivity index (χ0v) is 20.6. The fraction of sp³-hybridized carbons (Fsp3) is 0.731. The average Bonchev–Trinajstić information content (AvgIpc) is 2.76. The first-order chi connectivity index (χ1) is 15.0. The summed E-state index contributed by atoms with van der Waals surface area (Å²) < 4.78 is 6.17. The minimum Gasteiger partial charge on any atom is -0.463 e. The Hall–Kier alpha value is -2.09. The Bertz CT molecular complexity index is 683. The van der Waals surface area contributed by atoms with Gasteiger partial charge in [0.1, 0.15) is 5.82 Å². The molecule has 0 saturated carbocycles. The van der Waals surface area contributed by atoms with Crippen LogP contribution >= 0.6 is 0 Å². The molecule has 2 atom stereocenters. The molecule has 5 nitrogen and oxygen atoms in total. The highest BCUT2D eigenvalue weighted by Gasteiger charge is 2.21. The molecule has 0 amide bonds. The van der Waals surface area contributed by atoms with Crippen molar-refractivity contribution in [2.45, 2.75) is 92.4 Å². The van der Waals surface area contributed by atoms with E-state index in [-0.39, 0.29) is 0 Å². The highest BCUT2D eigenvalue weighted by atomic mass is 16.5. The summed E-state index contributed by atoms with van der Waals surface area (Å²) in [6.07, 6.45) is 10.9. The molecule has 0 aliphatic rings. The molecule has 0 bridgehead atoms. The van der Waals surface area contributed by atoms with Crippen molar-refractivity contribution in [1.29, 1.82) is 5.26 Å². The Morgan fingerprint density at radius 2 is 1.94 bits per heavy atom. The number of ether oxygens (including phenoxy) is 1. The van der Waals surface area contributed by atoms with Crippen molar-refractivity contribution in [3.63, 3.8) is 0 Å². The first-order valence-electron chi connectivity index (χ1n) is 12.3. The highest BCUT2D eigenvalue weighted by molar-refractivity contribution is 5.50. The summed E-state index contributed by atoms with van der Waals surface area (Å²) in [6, 6.07) is 2.80. The van der Waals surface area contributed by atoms with Crippen LogP contribution in [0.1, 0.15) is 90.8 Å². The van der Waals surface area contributed by atoms with E-state index < -0.39 is 0 Å². The van der Waals surface area contributed by atoms with Crippen molar-refractivity contribution in [3.8, 4) is 12.1 Å². The van der Waals surface area contributed by atoms with Crippen molar-refractivity contribution in [2.75, 3.05) is 24.6 Å². The van der Waals surface area contributed by atoms with E-state index >= 15 is 0 Å². The summed E-state index contributed by atoms with van der Waals surface area (Å²) in [5.41, 5.74) is 2.33. The third-order valence-electron chi connectivity index (χ3n) is 5.56. The Kier molecular flexibility index (Phi) is 13.6. The van der Waals surface area contributed by atoms with Crippen LogP contribution in [0.4, 0.5) is 5.82 Å². The van der Waals surface area contributed by atoms with Gasteiger partial charge in [-0.25, -0.2) is 0 Å². The maximum absolute atomic E-state index is 9.12. The van der Waals surface area contributed by atoms with Crippen LogP contribution in [-0.4, -0.2) is 29.7 Å². The van der Waals surface area contributed by atoms with Crippen LogP contribution in [0.3, 0.4) is 0 Å². The lowest BCUT2D eigenvalue weighted by molar-refractivity contribution is 0.222. The quantitative estimate of drug-likeness (QED) is 0.264. The van der Waals surface area contributed by atoms with Gasteiger partial charge in [0.25, 0.3) is 0 Å². The summed E-state index contributed by atoms with van der Waals surface area (Å²) in [5.74, 6) is 1.75. The molecule has 0 N–H and O–H groups in total. The molecule has 0 spiro atoms. The molecule has 0 radical (unpaired) electrons. The number of allylic oxidation sites excluding steroid dienone is 1. The second kappa shape index (κ2) is 15.7. The number of nitrogens with zero attached hydrogens (tertiary/aromatic N) is 4. The molecule has 1 rings (SSSR count). The molecular formula is C26H44N4O. The Morgan fingerprint density at radius 1 is 1.16 bits per heavy atom. The molecule has 0 saturated heterocycles. The Morgan fingerprint density at radius 3 is 2.52 bits per heavy atom. The maximum atomic E-state index is 9.12. The Balaban J connectivity index is 3.23. The van der Waals surface area contributed by atoms with E-state index in [1.807, 2.05) is 6.08 Å². The summed E-state index contributed by atoms with van der Waals surface area (Å²) in [7, 11) is 0. The zero-order valence-electron chi connectivity index (χ0n) is 20.6. The number of aromatic nitrogens is 2. The fourth-order valence-electron chi connectivity index (χ4n) is 3.96. The highest BCUT2D eigenvalue weighted by Crippen LogP contribution is 2.27. The lowest BCUT2D eigenvalue weighted by Crippen LogP contribution is -2.32. The van der Waals surface area contributed by atoms with E-state index in [1.54, 1.807) is 0 Å². The van der Waals surface area contributed by atoms with Crippen LogP contribution in [-0.2, 0) is 12.8 Å². The molecule has 1 heterocycles. The molecule has 1 unspecified atom stereocenters. The van der Waals surface area contributed by atoms with Crippen molar-refractivity contribution in [2.24, 2.45) is 11.8 Å². The van der Waals surface area contributed by atoms with Crippen molar-refractivity contribution >= 4 is 5.82 Å². The van der Waals surface area contributed by atoms with Crippen LogP contribution < -0.4 is 9.64 Å². The van der Waals surface area contributed by atoms with E-state index in [4.69, 9.17) is 20.0 Å². The van der Waals surface area contributed by atoms with Gasteiger partial charge in [0.2, 0.25) is 0 Å². The number of unbranched alkanes of at least 4 members (excludes halogenated alkanes) is 1. The molecule has 0 aromatic carbocycles. The smallest absolute Gasteiger partial charge is 0.318 e. The standard InChI is InChI=1S/C26H44N4O/c1-7-12-15-22(13-8-2)20-31-26-28-24(11-5)23(14-9-3)25(29-26)30(18-10-4)19-21(6)16-17-27/h8,21-22H,2,7,9-16,18-20H2,1,3-6H3/t21?,22-/m0/s1. The Labute approximate surface area is 190 Å². The van der Waals surface area contributed by atoms with E-state index in [2.05, 4.69) is 52.2 Å². The lowest BCUT2D eigenvalue weighted by atomic mass is 10.00. The summed E-state index contributed by atoms with van der Waals surface area (Å²) in [5, 5.41) is 9.12. The van der Waals surface area contributed by atoms with Gasteiger partial charge in [-0.3, -0.25) is 0 Å². The molecule has 0 aliphatic heterocycles. The zero-order chi connectivity index (χ0) is 23.1. The number of nitriles is 1. The van der Waals surface area contributed by atoms with Gasteiger partial charge in [-0.05, 0) is 43.9 Å². The SMILES string of the molecule is C=CC[C@@H](CCCC)COc1nc(CC)c(CCC)c(N(CCC)CC(C)CC#N)n1. The fourth-order valence-corrected chi connectivity index (χ4v) is 3.96. The number of hydrogen-bond donors (Lipinski definition) is 0. The normalized spacial score (nSPS) is 12.8. The van der Waals surface area contributed by atoms with Crippen molar-refractivity contribution < 1.29 is 4.74 Å². The molecule has 1 aromatic rings. The van der Waals surface area contributed by atoms with Crippen LogP contribution in [0.15, 0.2) is 12.7 Å². The van der Waals surface area contributed by atoms with Gasteiger partial charge in [0.15, 0.2) is 0 Å². The topological polar surface area (TPSA) is 62.0 Å². The van der Waals surface area contributed by atoms with Gasteiger partial charge in [0, 0.05) is 25.1 Å². The molecule has 0 aliphatic carbocycles. The van der Waals surface area contributed by atoms with Gasteiger partial charge >= 0.3 is 6.01 Å². The molecule has 31 heavy (non-hydrogen) atoms. The van der Waals surface area contributed by atoms with E-state index in [0.29, 0.717) is 30.9 Å². The second-order valence-corrected chi connectivity index (χ2v) is 8.62. The molecular weight excluding hydrogens is 384 g/mol. The van der Waals surface area contributed by atoms with Crippen LogP contribution in [0, 0.1) is 23.2 Å². The van der Waals surface area contributed by atoms with Crippen LogP contribution in [0.5, 0.6) is 6.01 Å². The number of rotatable bonds is 17. The van der Waals surface area contributed by atoms with E-state index in [1.165, 1.54) is 18.4 Å². The van der Waals surface area contributed by atoms with Crippen LogP contribution in [0.25, 0.3) is 0 Å². The molecule has 174 valence electrons.